The van der Waals surface area contributed by atoms with E-state index < -0.39 is 0 Å². The Morgan fingerprint density at radius 3 is 2.08 bits per heavy atom. The third kappa shape index (κ3) is 5.54. The van der Waals surface area contributed by atoms with Gasteiger partial charge in [0.25, 0.3) is 20.4 Å². The molecule has 0 N–H and O–H groups in total. The van der Waals surface area contributed by atoms with Crippen LogP contribution in [0.2, 0.25) is 4.82 Å². The molecule has 0 aromatic heterocycles. The fourth-order valence-electron chi connectivity index (χ4n) is 3.55. The second-order valence-corrected chi connectivity index (χ2v) is 6.46. The second kappa shape index (κ2) is 12.9. The van der Waals surface area contributed by atoms with Crippen molar-refractivity contribution in [3.8, 4) is 0 Å². The van der Waals surface area contributed by atoms with Crippen LogP contribution >= 0.6 is 0 Å². The first-order chi connectivity index (χ1) is 11.8. The molecule has 0 amide bonds. The van der Waals surface area contributed by atoms with Crippen molar-refractivity contribution < 1.29 is 30.4 Å². The van der Waals surface area contributed by atoms with E-state index in [1.807, 2.05) is 0 Å². The maximum atomic E-state index is 7.50. The number of allylic oxidation sites excluding steroid dienone is 7. The molecule has 3 nitrogen and oxygen atoms in total. The van der Waals surface area contributed by atoms with Crippen molar-refractivity contribution >= 4 is 20.4 Å². The number of hydrogen-bond donors (Lipinski definition) is 0. The Balaban J connectivity index is 0.000000798. The summed E-state index contributed by atoms with van der Waals surface area (Å²) in [5.74, 6) is 0.738. The summed E-state index contributed by atoms with van der Waals surface area (Å²) in [4.78, 5) is 23.0. The first-order valence-corrected chi connectivity index (χ1v) is 8.49. The van der Waals surface area contributed by atoms with E-state index in [2.05, 4.69) is 61.2 Å². The first kappa shape index (κ1) is 22.5. The summed E-state index contributed by atoms with van der Waals surface area (Å²) < 4.78 is 0. The molecule has 24 heavy (non-hydrogen) atoms. The molecule has 0 heterocycles. The van der Waals surface area contributed by atoms with Crippen LogP contribution in [0.15, 0.2) is 47.1 Å². The van der Waals surface area contributed by atoms with Gasteiger partial charge in [-0.25, -0.2) is 0 Å². The average Bonchev–Trinajstić information content (AvgIpc) is 3.04. The van der Waals surface area contributed by atoms with Crippen LogP contribution in [0.5, 0.6) is 0 Å². The Kier molecular flexibility index (Phi) is 12.0. The van der Waals surface area contributed by atoms with Gasteiger partial charge in [0.05, 0.1) is 0 Å². The molecule has 0 aliphatic heterocycles. The maximum Gasteiger partial charge on any atom is 0.281 e. The van der Waals surface area contributed by atoms with Gasteiger partial charge in [-0.15, -0.1) is 0 Å². The largest absolute Gasteiger partial charge is 0.281 e. The normalized spacial score (nSPS) is 21.7. The molecule has 0 saturated heterocycles. The summed E-state index contributed by atoms with van der Waals surface area (Å²) in [6.07, 6.45) is 16.1. The third-order valence-corrected chi connectivity index (χ3v) is 5.24. The van der Waals surface area contributed by atoms with E-state index in [0.717, 1.165) is 18.8 Å². The van der Waals surface area contributed by atoms with Gasteiger partial charge in [0, 0.05) is 0 Å². The van der Waals surface area contributed by atoms with Crippen LogP contribution in [0.1, 0.15) is 44.9 Å². The molecule has 1 unspecified atom stereocenters. The molecule has 126 valence electrons. The van der Waals surface area contributed by atoms with Crippen LogP contribution < -0.4 is 0 Å². The molecule has 1 atom stereocenters. The molecule has 0 aromatic carbocycles. The Morgan fingerprint density at radius 1 is 0.958 bits per heavy atom. The summed E-state index contributed by atoms with van der Waals surface area (Å²) in [5, 5.41) is 0. The Morgan fingerprint density at radius 2 is 1.50 bits per heavy atom. The van der Waals surface area contributed by atoms with E-state index in [0.29, 0.717) is 4.82 Å². The van der Waals surface area contributed by atoms with Crippen molar-refractivity contribution in [1.29, 1.82) is 0 Å². The standard InChI is InChI=1S/C17H21.3CO.Mn/c1-13(14-7-3-2-4-8-14)16-12-11-15-9-5-6-10-17(15)16;3*1-2;/h5-6,11-12,14H,1-4,7-10H2;;;;. The molecule has 1 saturated carbocycles. The number of rotatable bonds is 2. The van der Waals surface area contributed by atoms with E-state index >= 15 is 0 Å². The SMILES string of the molecule is C=C(C1=C[CH]([Mn])C2=C1CC=CC2)C1CCCCC1.[C]=O.[C]=O.[C]=O. The monoisotopic (exact) mass is 364 g/mol. The molecule has 3 rings (SSSR count). The zero-order valence-corrected chi connectivity index (χ0v) is 14.8. The van der Waals surface area contributed by atoms with Gasteiger partial charge in [-0.05, 0) is 0 Å². The van der Waals surface area contributed by atoms with Crippen molar-refractivity contribution in [3.05, 3.63) is 47.1 Å². The predicted molar refractivity (Wildman–Crippen MR) is 90.0 cm³/mol. The van der Waals surface area contributed by atoms with Crippen molar-refractivity contribution in [1.82, 2.24) is 0 Å². The smallest absolute Gasteiger partial charge is 0.281 e. The summed E-state index contributed by atoms with van der Waals surface area (Å²) >= 11 is 3.80. The topological polar surface area (TPSA) is 51.2 Å². The molecule has 0 bridgehead atoms. The second-order valence-electron chi connectivity index (χ2n) is 5.73. The first-order valence-electron chi connectivity index (χ1n) is 7.81. The molecular formula is C20H21MnO3. The van der Waals surface area contributed by atoms with E-state index in [-0.39, 0.29) is 0 Å². The van der Waals surface area contributed by atoms with Crippen LogP contribution in [-0.4, -0.2) is 20.4 Å². The summed E-state index contributed by atoms with van der Waals surface area (Å²) in [7, 11) is 0. The van der Waals surface area contributed by atoms with E-state index in [1.54, 1.807) is 11.1 Å². The predicted octanol–water partition coefficient (Wildman–Crippen LogP) is 3.85. The maximum absolute atomic E-state index is 7.50. The van der Waals surface area contributed by atoms with Gasteiger partial charge in [-0.3, -0.25) is 14.4 Å². The van der Waals surface area contributed by atoms with Crippen molar-refractivity contribution in [2.24, 2.45) is 5.92 Å². The zero-order valence-electron chi connectivity index (χ0n) is 13.6. The summed E-state index contributed by atoms with van der Waals surface area (Å²) in [6, 6.07) is 0. The van der Waals surface area contributed by atoms with Crippen LogP contribution in [0.3, 0.4) is 0 Å². The van der Waals surface area contributed by atoms with Gasteiger partial charge in [0.2, 0.25) is 0 Å². The van der Waals surface area contributed by atoms with Gasteiger partial charge in [0.1, 0.15) is 0 Å². The van der Waals surface area contributed by atoms with E-state index in [4.69, 9.17) is 14.4 Å². The molecule has 6 radical (unpaired) electrons. The quantitative estimate of drug-likeness (QED) is 0.552. The molecule has 4 heteroatoms. The molecule has 3 aliphatic rings. The minimum atomic E-state index is 0.452. The van der Waals surface area contributed by atoms with Crippen LogP contribution in [0, 0.1) is 5.92 Å². The molecule has 0 spiro atoms. The number of hydrogen-bond acceptors (Lipinski definition) is 3. The van der Waals surface area contributed by atoms with Crippen molar-refractivity contribution in [2.45, 2.75) is 49.8 Å². The van der Waals surface area contributed by atoms with Gasteiger partial charge in [-0.2, -0.15) is 0 Å². The fourth-order valence-corrected chi connectivity index (χ4v) is 4.09. The minimum Gasteiger partial charge on any atom is -0.281 e. The number of carbonyl (C=O) groups excluding carboxylic acids is 3. The van der Waals surface area contributed by atoms with E-state index in [1.165, 1.54) is 43.3 Å². The Hall–Kier alpha value is -1.51. The van der Waals surface area contributed by atoms with Crippen LogP contribution in [-0.2, 0) is 30.4 Å². The average molecular weight is 364 g/mol. The third-order valence-electron chi connectivity index (χ3n) is 4.63. The van der Waals surface area contributed by atoms with Crippen LogP contribution in [0.4, 0.5) is 0 Å². The van der Waals surface area contributed by atoms with Gasteiger partial charge >= 0.3 is 119 Å². The molecule has 3 aliphatic carbocycles. The van der Waals surface area contributed by atoms with Gasteiger partial charge in [-0.1, -0.05) is 0 Å². The molecule has 0 aromatic rings. The van der Waals surface area contributed by atoms with E-state index in [9.17, 15) is 0 Å². The summed E-state index contributed by atoms with van der Waals surface area (Å²) in [6.45, 7) is 17.9. The zero-order chi connectivity index (χ0) is 18.5. The van der Waals surface area contributed by atoms with Crippen LogP contribution in [0.25, 0.3) is 0 Å². The van der Waals surface area contributed by atoms with Crippen molar-refractivity contribution in [2.75, 3.05) is 0 Å². The van der Waals surface area contributed by atoms with Crippen molar-refractivity contribution in [3.63, 3.8) is 0 Å². The fraction of sp³-hybridized carbons (Fsp3) is 0.450. The summed E-state index contributed by atoms with van der Waals surface area (Å²) in [5.41, 5.74) is 6.03. The minimum absolute atomic E-state index is 0.452. The van der Waals surface area contributed by atoms with Gasteiger partial charge in [0.15, 0.2) is 0 Å². The Labute approximate surface area is 153 Å². The van der Waals surface area contributed by atoms with Gasteiger partial charge < -0.3 is 0 Å². The molecule has 1 fully saturated rings. The Bertz CT molecular complexity index is 494. The molecular weight excluding hydrogens is 343 g/mol.